The number of rotatable bonds is 6. The maximum Gasteiger partial charge on any atom is 0.214 e. The molecule has 1 heterocycles. The Morgan fingerprint density at radius 1 is 1.63 bits per heavy atom. The Hall–Kier alpha value is -1.95. The predicted molar refractivity (Wildman–Crippen MR) is 71.2 cm³/mol. The second kappa shape index (κ2) is 6.84. The molecule has 1 aromatic rings. The molecule has 0 saturated carbocycles. The Labute approximate surface area is 110 Å². The fourth-order valence-corrected chi connectivity index (χ4v) is 1.46. The summed E-state index contributed by atoms with van der Waals surface area (Å²) < 4.78 is 32.1. The summed E-state index contributed by atoms with van der Waals surface area (Å²) in [6.07, 6.45) is 1.05. The molecular weight excluding hydrogens is 252 g/mol. The highest BCUT2D eigenvalue weighted by Crippen LogP contribution is 2.22. The molecule has 0 aliphatic heterocycles. The summed E-state index contributed by atoms with van der Waals surface area (Å²) in [6.45, 7) is 6.48. The summed E-state index contributed by atoms with van der Waals surface area (Å²) in [5, 5.41) is 0. The molecule has 0 fully saturated rings. The van der Waals surface area contributed by atoms with Crippen molar-refractivity contribution in [2.75, 3.05) is 5.43 Å². The highest BCUT2D eigenvalue weighted by Gasteiger charge is 2.24. The van der Waals surface area contributed by atoms with Gasteiger partial charge < -0.3 is 10.2 Å². The summed E-state index contributed by atoms with van der Waals surface area (Å²) >= 11 is 0. The monoisotopic (exact) mass is 269 g/mol. The smallest absolute Gasteiger partial charge is 0.214 e. The minimum atomic E-state index is -1.63. The Kier molecular flexibility index (Phi) is 5.44. The molecule has 0 saturated heterocycles. The van der Waals surface area contributed by atoms with E-state index in [4.69, 9.17) is 10.6 Å². The Bertz CT molecular complexity index is 477. The number of halogens is 2. The molecule has 0 aliphatic rings. The van der Waals surface area contributed by atoms with Crippen LogP contribution >= 0.6 is 0 Å². The number of aryl methyl sites for hydroxylation is 1. The Morgan fingerprint density at radius 3 is 2.79 bits per heavy atom. The molecule has 0 radical (unpaired) electrons. The van der Waals surface area contributed by atoms with Crippen molar-refractivity contribution in [1.29, 1.82) is 0 Å². The second-order valence-electron chi connectivity index (χ2n) is 3.94. The standard InChI is InChI=1S/C13H17F2N3O/c1-4-5-10(15)13(9(3)14)19-12-6-8(2)11(18-16)7-17-12/h4-7,10,13,18H,3,16H2,1-2H3/b5-4-. The third kappa shape index (κ3) is 4.03. The van der Waals surface area contributed by atoms with Crippen LogP contribution in [0.15, 0.2) is 36.8 Å². The molecule has 1 rings (SSSR count). The third-order valence-corrected chi connectivity index (χ3v) is 2.46. The van der Waals surface area contributed by atoms with Gasteiger partial charge in [0.1, 0.15) is 5.83 Å². The van der Waals surface area contributed by atoms with E-state index in [1.165, 1.54) is 24.4 Å². The number of nitrogen functional groups attached to an aromatic ring is 1. The quantitative estimate of drug-likeness (QED) is 0.473. The zero-order chi connectivity index (χ0) is 14.4. The van der Waals surface area contributed by atoms with E-state index in [2.05, 4.69) is 17.0 Å². The van der Waals surface area contributed by atoms with Gasteiger partial charge >= 0.3 is 0 Å². The van der Waals surface area contributed by atoms with Gasteiger partial charge in [-0.25, -0.2) is 13.8 Å². The number of ether oxygens (including phenoxy) is 1. The van der Waals surface area contributed by atoms with Crippen molar-refractivity contribution in [2.24, 2.45) is 5.84 Å². The van der Waals surface area contributed by atoms with Gasteiger partial charge in [0.15, 0.2) is 12.3 Å². The first-order valence-corrected chi connectivity index (χ1v) is 5.70. The fraction of sp³-hybridized carbons (Fsp3) is 0.308. The van der Waals surface area contributed by atoms with E-state index in [-0.39, 0.29) is 5.88 Å². The number of nitrogens with two attached hydrogens (primary N) is 1. The molecule has 2 atom stereocenters. The molecule has 104 valence electrons. The van der Waals surface area contributed by atoms with Crippen molar-refractivity contribution in [3.05, 3.63) is 42.4 Å². The summed E-state index contributed by atoms with van der Waals surface area (Å²) in [7, 11) is 0. The molecule has 19 heavy (non-hydrogen) atoms. The van der Waals surface area contributed by atoms with E-state index in [1.54, 1.807) is 13.8 Å². The molecule has 0 bridgehead atoms. The lowest BCUT2D eigenvalue weighted by Gasteiger charge is -2.18. The number of pyridine rings is 1. The Balaban J connectivity index is 2.91. The molecule has 1 aromatic heterocycles. The second-order valence-corrected chi connectivity index (χ2v) is 3.94. The van der Waals surface area contributed by atoms with Gasteiger partial charge in [-0.3, -0.25) is 5.84 Å². The first kappa shape index (κ1) is 15.1. The van der Waals surface area contributed by atoms with Crippen molar-refractivity contribution in [3.63, 3.8) is 0 Å². The van der Waals surface area contributed by atoms with Crippen molar-refractivity contribution in [1.82, 2.24) is 4.98 Å². The van der Waals surface area contributed by atoms with Gasteiger partial charge in [0.2, 0.25) is 5.88 Å². The highest BCUT2D eigenvalue weighted by atomic mass is 19.1. The highest BCUT2D eigenvalue weighted by molar-refractivity contribution is 5.49. The van der Waals surface area contributed by atoms with Crippen LogP contribution in [0.1, 0.15) is 12.5 Å². The number of hydrogen-bond donors (Lipinski definition) is 2. The number of nitrogens with one attached hydrogen (secondary N) is 1. The molecule has 3 N–H and O–H groups in total. The number of nitrogens with zero attached hydrogens (tertiary/aromatic N) is 1. The van der Waals surface area contributed by atoms with Crippen molar-refractivity contribution in [2.45, 2.75) is 26.1 Å². The van der Waals surface area contributed by atoms with Gasteiger partial charge in [-0.15, -0.1) is 0 Å². The number of allylic oxidation sites excluding steroid dienone is 1. The number of hydrazine groups is 1. The van der Waals surface area contributed by atoms with Crippen LogP contribution in [0.2, 0.25) is 0 Å². The largest absolute Gasteiger partial charge is 0.464 e. The molecule has 0 aliphatic carbocycles. The summed E-state index contributed by atoms with van der Waals surface area (Å²) in [5.74, 6) is 4.47. The minimum absolute atomic E-state index is 0.104. The van der Waals surface area contributed by atoms with Crippen LogP contribution in [0.5, 0.6) is 5.88 Å². The summed E-state index contributed by atoms with van der Waals surface area (Å²) in [6, 6.07) is 1.54. The lowest BCUT2D eigenvalue weighted by molar-refractivity contribution is 0.130. The summed E-state index contributed by atoms with van der Waals surface area (Å²) in [4.78, 5) is 3.91. The van der Waals surface area contributed by atoms with Crippen LogP contribution in [0.3, 0.4) is 0 Å². The maximum absolute atomic E-state index is 13.7. The molecular formula is C13H17F2N3O. The number of hydrogen-bond acceptors (Lipinski definition) is 4. The fourth-order valence-electron chi connectivity index (χ4n) is 1.46. The molecule has 0 aromatic carbocycles. The maximum atomic E-state index is 13.7. The van der Waals surface area contributed by atoms with E-state index < -0.39 is 18.1 Å². The minimum Gasteiger partial charge on any atom is -0.464 e. The average Bonchev–Trinajstić information content (AvgIpc) is 2.36. The zero-order valence-electron chi connectivity index (χ0n) is 10.9. The van der Waals surface area contributed by atoms with Crippen LogP contribution < -0.4 is 16.0 Å². The van der Waals surface area contributed by atoms with E-state index >= 15 is 0 Å². The molecule has 0 spiro atoms. The molecule has 4 nitrogen and oxygen atoms in total. The number of anilines is 1. The Morgan fingerprint density at radius 2 is 2.32 bits per heavy atom. The van der Waals surface area contributed by atoms with Gasteiger partial charge in [0.05, 0.1) is 11.9 Å². The molecule has 0 amide bonds. The lowest BCUT2D eigenvalue weighted by Crippen LogP contribution is -2.28. The normalized spacial score (nSPS) is 14.2. The van der Waals surface area contributed by atoms with Gasteiger partial charge in [-0.1, -0.05) is 18.7 Å². The number of alkyl halides is 1. The van der Waals surface area contributed by atoms with E-state index in [0.717, 1.165) is 5.56 Å². The van der Waals surface area contributed by atoms with Crippen LogP contribution in [0.25, 0.3) is 0 Å². The zero-order valence-corrected chi connectivity index (χ0v) is 10.9. The van der Waals surface area contributed by atoms with Crippen molar-refractivity contribution < 1.29 is 13.5 Å². The van der Waals surface area contributed by atoms with E-state index in [9.17, 15) is 8.78 Å². The SMILES string of the molecule is C=C(F)C(Oc1cc(C)c(NN)cn1)C(F)/C=C\C. The first-order valence-electron chi connectivity index (χ1n) is 5.70. The van der Waals surface area contributed by atoms with Crippen LogP contribution in [0, 0.1) is 6.92 Å². The van der Waals surface area contributed by atoms with Crippen molar-refractivity contribution in [3.8, 4) is 5.88 Å². The predicted octanol–water partition coefficient (Wildman–Crippen LogP) is 2.82. The third-order valence-electron chi connectivity index (χ3n) is 2.46. The summed E-state index contributed by atoms with van der Waals surface area (Å²) in [5.41, 5.74) is 3.80. The topological polar surface area (TPSA) is 60.2 Å². The molecule has 6 heteroatoms. The average molecular weight is 269 g/mol. The van der Waals surface area contributed by atoms with E-state index in [0.29, 0.717) is 5.69 Å². The van der Waals surface area contributed by atoms with Gasteiger partial charge in [0, 0.05) is 6.07 Å². The van der Waals surface area contributed by atoms with Gasteiger partial charge in [0.25, 0.3) is 0 Å². The number of aromatic nitrogens is 1. The first-order chi connectivity index (χ1) is 8.99. The lowest BCUT2D eigenvalue weighted by atomic mass is 10.2. The van der Waals surface area contributed by atoms with Gasteiger partial charge in [-0.05, 0) is 19.4 Å². The molecule has 2 unspecified atom stereocenters. The van der Waals surface area contributed by atoms with Crippen LogP contribution in [0.4, 0.5) is 14.5 Å². The van der Waals surface area contributed by atoms with Crippen LogP contribution in [-0.4, -0.2) is 17.3 Å². The van der Waals surface area contributed by atoms with Crippen molar-refractivity contribution >= 4 is 5.69 Å². The van der Waals surface area contributed by atoms with Crippen LogP contribution in [-0.2, 0) is 0 Å². The van der Waals surface area contributed by atoms with Gasteiger partial charge in [-0.2, -0.15) is 0 Å². The van der Waals surface area contributed by atoms with E-state index in [1.807, 2.05) is 0 Å².